The maximum Gasteiger partial charge on any atom is 0.0505 e. The molecule has 0 aliphatic carbocycles. The van der Waals surface area contributed by atoms with Gasteiger partial charge in [0.15, 0.2) is 0 Å². The van der Waals surface area contributed by atoms with Crippen LogP contribution in [0.4, 0.5) is 0 Å². The summed E-state index contributed by atoms with van der Waals surface area (Å²) in [7, 11) is 0. The molecule has 0 saturated heterocycles. The van der Waals surface area contributed by atoms with Crippen molar-refractivity contribution >= 4 is 23.4 Å². The van der Waals surface area contributed by atoms with Crippen molar-refractivity contribution in [1.29, 1.82) is 0 Å². The van der Waals surface area contributed by atoms with Crippen molar-refractivity contribution in [3.63, 3.8) is 0 Å². The molecule has 14 heavy (non-hydrogen) atoms. The molecule has 0 fully saturated rings. The standard InChI is InChI=1S/C11H16ClNS/c1-9(6-12)7-14-8-11-5-3-4-10(2)13-11/h3-5,9H,6-8H2,1-2H3. The molecule has 1 heterocycles. The van der Waals surface area contributed by atoms with Gasteiger partial charge in [0.05, 0.1) is 5.69 Å². The lowest BCUT2D eigenvalue weighted by molar-refractivity contribution is 0.758. The highest BCUT2D eigenvalue weighted by Gasteiger charge is 2.01. The Morgan fingerprint density at radius 2 is 2.29 bits per heavy atom. The highest BCUT2D eigenvalue weighted by molar-refractivity contribution is 7.98. The van der Waals surface area contributed by atoms with Gasteiger partial charge in [-0.25, -0.2) is 0 Å². The van der Waals surface area contributed by atoms with Crippen molar-refractivity contribution in [2.24, 2.45) is 5.92 Å². The normalized spacial score (nSPS) is 12.8. The van der Waals surface area contributed by atoms with Gasteiger partial charge in [0.1, 0.15) is 0 Å². The zero-order valence-electron chi connectivity index (χ0n) is 8.66. The van der Waals surface area contributed by atoms with Crippen LogP contribution in [0.5, 0.6) is 0 Å². The first-order valence-electron chi connectivity index (χ1n) is 4.78. The fraction of sp³-hybridized carbons (Fsp3) is 0.545. The van der Waals surface area contributed by atoms with Crippen LogP contribution in [0.1, 0.15) is 18.3 Å². The quantitative estimate of drug-likeness (QED) is 0.717. The van der Waals surface area contributed by atoms with E-state index in [-0.39, 0.29) is 0 Å². The number of alkyl halides is 1. The van der Waals surface area contributed by atoms with E-state index in [2.05, 4.69) is 24.0 Å². The molecule has 1 rings (SSSR count). The highest BCUT2D eigenvalue weighted by Crippen LogP contribution is 2.14. The van der Waals surface area contributed by atoms with Crippen LogP contribution in [0.15, 0.2) is 18.2 Å². The Labute approximate surface area is 95.3 Å². The molecule has 3 heteroatoms. The fourth-order valence-electron chi connectivity index (χ4n) is 1.09. The Morgan fingerprint density at radius 1 is 1.50 bits per heavy atom. The van der Waals surface area contributed by atoms with Crippen LogP contribution < -0.4 is 0 Å². The topological polar surface area (TPSA) is 12.9 Å². The Kier molecular flexibility index (Phi) is 5.34. The predicted octanol–water partition coefficient (Wildman–Crippen LogP) is 3.50. The van der Waals surface area contributed by atoms with Gasteiger partial charge in [0, 0.05) is 17.3 Å². The van der Waals surface area contributed by atoms with Crippen LogP contribution in [-0.2, 0) is 5.75 Å². The number of rotatable bonds is 5. The average molecular weight is 230 g/mol. The summed E-state index contributed by atoms with van der Waals surface area (Å²) in [5, 5.41) is 0. The van der Waals surface area contributed by atoms with Crippen molar-refractivity contribution in [2.45, 2.75) is 19.6 Å². The van der Waals surface area contributed by atoms with Gasteiger partial charge < -0.3 is 0 Å². The van der Waals surface area contributed by atoms with E-state index in [1.54, 1.807) is 0 Å². The number of aromatic nitrogens is 1. The monoisotopic (exact) mass is 229 g/mol. The molecule has 0 saturated carbocycles. The minimum atomic E-state index is 0.589. The number of nitrogens with zero attached hydrogens (tertiary/aromatic N) is 1. The van der Waals surface area contributed by atoms with Gasteiger partial charge in [-0.05, 0) is 30.7 Å². The average Bonchev–Trinajstić information content (AvgIpc) is 2.17. The van der Waals surface area contributed by atoms with Gasteiger partial charge in [0.2, 0.25) is 0 Å². The second kappa shape index (κ2) is 6.31. The summed E-state index contributed by atoms with van der Waals surface area (Å²) in [6.45, 7) is 4.19. The summed E-state index contributed by atoms with van der Waals surface area (Å²) < 4.78 is 0. The molecular weight excluding hydrogens is 214 g/mol. The molecule has 78 valence electrons. The summed E-state index contributed by atoms with van der Waals surface area (Å²) >= 11 is 7.63. The first-order chi connectivity index (χ1) is 6.72. The van der Waals surface area contributed by atoms with Crippen LogP contribution >= 0.6 is 23.4 Å². The molecule has 1 aromatic rings. The summed E-state index contributed by atoms with van der Waals surface area (Å²) in [6, 6.07) is 6.16. The molecule has 0 aliphatic rings. The van der Waals surface area contributed by atoms with E-state index in [0.29, 0.717) is 5.92 Å². The van der Waals surface area contributed by atoms with E-state index in [0.717, 1.165) is 28.8 Å². The van der Waals surface area contributed by atoms with Crippen LogP contribution in [-0.4, -0.2) is 16.6 Å². The van der Waals surface area contributed by atoms with Crippen LogP contribution in [0.25, 0.3) is 0 Å². The molecule has 1 unspecified atom stereocenters. The second-order valence-electron chi connectivity index (χ2n) is 3.54. The lowest BCUT2D eigenvalue weighted by atomic mass is 10.3. The molecule has 0 aliphatic heterocycles. The summed E-state index contributed by atoms with van der Waals surface area (Å²) in [5.41, 5.74) is 2.25. The minimum absolute atomic E-state index is 0.589. The third kappa shape index (κ3) is 4.34. The fourth-order valence-corrected chi connectivity index (χ4v) is 2.34. The molecule has 1 aromatic heterocycles. The molecule has 0 N–H and O–H groups in total. The first kappa shape index (κ1) is 11.9. The third-order valence-corrected chi connectivity index (χ3v) is 3.69. The maximum atomic E-state index is 5.73. The van der Waals surface area contributed by atoms with E-state index in [9.17, 15) is 0 Å². The molecule has 1 nitrogen and oxygen atoms in total. The Morgan fingerprint density at radius 3 is 2.93 bits per heavy atom. The van der Waals surface area contributed by atoms with Gasteiger partial charge in [0.25, 0.3) is 0 Å². The number of thioether (sulfide) groups is 1. The van der Waals surface area contributed by atoms with Crippen LogP contribution in [0, 0.1) is 12.8 Å². The maximum absolute atomic E-state index is 5.73. The van der Waals surface area contributed by atoms with E-state index in [1.165, 1.54) is 0 Å². The van der Waals surface area contributed by atoms with E-state index in [4.69, 9.17) is 11.6 Å². The highest BCUT2D eigenvalue weighted by atomic mass is 35.5. The van der Waals surface area contributed by atoms with Gasteiger partial charge in [-0.2, -0.15) is 11.8 Å². The van der Waals surface area contributed by atoms with E-state index >= 15 is 0 Å². The summed E-state index contributed by atoms with van der Waals surface area (Å²) in [6.07, 6.45) is 0. The molecular formula is C11H16ClNS. The van der Waals surface area contributed by atoms with Crippen molar-refractivity contribution in [2.75, 3.05) is 11.6 Å². The van der Waals surface area contributed by atoms with Crippen molar-refractivity contribution < 1.29 is 0 Å². The Bertz CT molecular complexity index is 278. The smallest absolute Gasteiger partial charge is 0.0505 e. The number of pyridine rings is 1. The molecule has 0 spiro atoms. The third-order valence-electron chi connectivity index (χ3n) is 1.86. The predicted molar refractivity (Wildman–Crippen MR) is 65.0 cm³/mol. The van der Waals surface area contributed by atoms with Crippen molar-refractivity contribution in [3.05, 3.63) is 29.6 Å². The molecule has 0 aromatic carbocycles. The SMILES string of the molecule is Cc1cccc(CSCC(C)CCl)n1. The zero-order chi connectivity index (χ0) is 10.4. The number of hydrogen-bond acceptors (Lipinski definition) is 2. The van der Waals surface area contributed by atoms with Crippen molar-refractivity contribution in [3.8, 4) is 0 Å². The molecule has 1 atom stereocenters. The summed E-state index contributed by atoms with van der Waals surface area (Å²) in [4.78, 5) is 4.44. The largest absolute Gasteiger partial charge is 0.257 e. The van der Waals surface area contributed by atoms with Crippen LogP contribution in [0.2, 0.25) is 0 Å². The van der Waals surface area contributed by atoms with Gasteiger partial charge in [-0.15, -0.1) is 11.6 Å². The van der Waals surface area contributed by atoms with Gasteiger partial charge >= 0.3 is 0 Å². The van der Waals surface area contributed by atoms with Gasteiger partial charge in [-0.1, -0.05) is 13.0 Å². The zero-order valence-corrected chi connectivity index (χ0v) is 10.2. The lowest BCUT2D eigenvalue weighted by Crippen LogP contribution is -2.00. The Balaban J connectivity index is 2.31. The first-order valence-corrected chi connectivity index (χ1v) is 6.47. The molecule has 0 bridgehead atoms. The number of halogens is 1. The lowest BCUT2D eigenvalue weighted by Gasteiger charge is -2.06. The summed E-state index contributed by atoms with van der Waals surface area (Å²) in [5.74, 6) is 3.43. The van der Waals surface area contributed by atoms with E-state index in [1.807, 2.05) is 24.8 Å². The minimum Gasteiger partial charge on any atom is -0.257 e. The number of aryl methyl sites for hydroxylation is 1. The van der Waals surface area contributed by atoms with Crippen molar-refractivity contribution in [1.82, 2.24) is 4.98 Å². The van der Waals surface area contributed by atoms with Gasteiger partial charge in [-0.3, -0.25) is 4.98 Å². The number of hydrogen-bond donors (Lipinski definition) is 0. The molecule has 0 radical (unpaired) electrons. The molecule has 0 amide bonds. The van der Waals surface area contributed by atoms with E-state index < -0.39 is 0 Å². The second-order valence-corrected chi connectivity index (χ2v) is 4.88. The Hall–Kier alpha value is -0.210. The van der Waals surface area contributed by atoms with Crippen LogP contribution in [0.3, 0.4) is 0 Å².